The van der Waals surface area contributed by atoms with Crippen molar-refractivity contribution in [2.45, 2.75) is 55.5 Å². The Morgan fingerprint density at radius 1 is 0.854 bits per heavy atom. The van der Waals surface area contributed by atoms with Gasteiger partial charge >= 0.3 is 6.03 Å². The van der Waals surface area contributed by atoms with Gasteiger partial charge in [0.05, 0.1) is 51.2 Å². The number of carbonyl (C=O) groups excluding carboxylic acids is 1. The molecule has 2 amide bonds. The first kappa shape index (κ1) is 36.7. The normalized spacial score (nSPS) is 17.0. The van der Waals surface area contributed by atoms with Gasteiger partial charge in [0.25, 0.3) is 0 Å². The van der Waals surface area contributed by atoms with Crippen LogP contribution in [-0.4, -0.2) is 58.0 Å². The van der Waals surface area contributed by atoms with Crippen LogP contribution in [0.2, 0.25) is 0 Å². The molecule has 262 valence electrons. The van der Waals surface area contributed by atoms with E-state index in [1.54, 1.807) is 24.3 Å². The predicted octanol–water partition coefficient (Wildman–Crippen LogP) is 6.82. The van der Waals surface area contributed by atoms with Crippen molar-refractivity contribution in [2.24, 2.45) is 0 Å². The molecule has 11 nitrogen and oxygen atoms in total. The third-order valence-corrected chi connectivity index (χ3v) is 8.32. The van der Waals surface area contributed by atoms with Gasteiger partial charge in [-0.1, -0.05) is 11.8 Å². The summed E-state index contributed by atoms with van der Waals surface area (Å²) in [5.41, 5.74) is 0.293. The molecule has 4 atom stereocenters. The monoisotopic (exact) mass is 700 g/mol. The van der Waals surface area contributed by atoms with Crippen molar-refractivity contribution in [3.05, 3.63) is 64.7 Å². The minimum atomic E-state index is -1.58. The molecule has 4 unspecified atom stereocenters. The van der Waals surface area contributed by atoms with Gasteiger partial charge in [-0.2, -0.15) is 0 Å². The van der Waals surface area contributed by atoms with E-state index in [-0.39, 0.29) is 29.4 Å². The van der Waals surface area contributed by atoms with Crippen molar-refractivity contribution in [3.8, 4) is 28.7 Å². The second-order valence-electron chi connectivity index (χ2n) is 10.4. The van der Waals surface area contributed by atoms with Crippen molar-refractivity contribution in [1.29, 1.82) is 0 Å². The van der Waals surface area contributed by atoms with Crippen molar-refractivity contribution in [2.75, 3.05) is 40.5 Å². The fourth-order valence-corrected chi connectivity index (χ4v) is 5.98. The number of carbonyl (C=O) groups is 1. The van der Waals surface area contributed by atoms with Crippen LogP contribution in [0, 0.1) is 23.3 Å². The molecule has 0 saturated carbocycles. The summed E-state index contributed by atoms with van der Waals surface area (Å²) in [6.45, 7) is 2.23. The molecule has 1 heterocycles. The van der Waals surface area contributed by atoms with E-state index in [4.69, 9.17) is 38.3 Å². The van der Waals surface area contributed by atoms with Crippen molar-refractivity contribution < 1.29 is 60.6 Å². The van der Waals surface area contributed by atoms with Gasteiger partial charge in [0.15, 0.2) is 46.3 Å². The van der Waals surface area contributed by atoms with Gasteiger partial charge in [0.1, 0.15) is 18.5 Å². The zero-order chi connectivity index (χ0) is 35.1. The quantitative estimate of drug-likeness (QED) is 0.0714. The number of rotatable bonds is 14. The van der Waals surface area contributed by atoms with Crippen LogP contribution in [0.15, 0.2) is 35.2 Å². The molecule has 48 heavy (non-hydrogen) atoms. The summed E-state index contributed by atoms with van der Waals surface area (Å²) in [4.78, 5) is 12.0. The van der Waals surface area contributed by atoms with E-state index < -0.39 is 58.8 Å². The smallest absolute Gasteiger partial charge is 0.321 e. The maximum absolute atomic E-state index is 14.4. The second kappa shape index (κ2) is 16.3. The number of methoxy groups -OCH3 is 4. The first-order chi connectivity index (χ1) is 22.9. The van der Waals surface area contributed by atoms with Crippen molar-refractivity contribution >= 4 is 23.5 Å². The molecule has 0 aliphatic carbocycles. The minimum Gasteiger partial charge on any atom is -0.493 e. The number of anilines is 1. The minimum absolute atomic E-state index is 0.0519. The van der Waals surface area contributed by atoms with Crippen molar-refractivity contribution in [1.82, 2.24) is 5.32 Å². The maximum Gasteiger partial charge on any atom is 0.321 e. The second-order valence-corrected chi connectivity index (χ2v) is 11.7. The molecule has 1 fully saturated rings. The van der Waals surface area contributed by atoms with Gasteiger partial charge in [-0.05, 0) is 62.1 Å². The molecular formula is C32H36F4N2O9S. The van der Waals surface area contributed by atoms with E-state index in [1.165, 1.54) is 42.3 Å². The van der Waals surface area contributed by atoms with Gasteiger partial charge in [-0.3, -0.25) is 0 Å². The highest BCUT2D eigenvalue weighted by Gasteiger charge is 2.32. The topological polar surface area (TPSA) is 126 Å². The summed E-state index contributed by atoms with van der Waals surface area (Å²) >= 11 is 0.382. The van der Waals surface area contributed by atoms with E-state index in [1.807, 2.05) is 0 Å². The molecular weight excluding hydrogens is 664 g/mol. The average molecular weight is 701 g/mol. The highest BCUT2D eigenvalue weighted by atomic mass is 32.2. The Balaban J connectivity index is 1.66. The zero-order valence-electron chi connectivity index (χ0n) is 27.0. The summed E-state index contributed by atoms with van der Waals surface area (Å²) in [5, 5.41) is 14.1. The number of aliphatic hydroxyl groups excluding tert-OH is 1. The zero-order valence-corrected chi connectivity index (χ0v) is 27.8. The highest BCUT2D eigenvalue weighted by molar-refractivity contribution is 7.99. The molecule has 3 N–H and O–H groups in total. The Morgan fingerprint density at radius 3 is 1.88 bits per heavy atom. The number of hydrogen-bond acceptors (Lipinski definition) is 10. The average Bonchev–Trinajstić information content (AvgIpc) is 3.56. The third kappa shape index (κ3) is 8.29. The molecule has 16 heteroatoms. The van der Waals surface area contributed by atoms with Crippen LogP contribution < -0.4 is 34.3 Å². The lowest BCUT2D eigenvalue weighted by Crippen LogP contribution is -2.38. The number of nitrogens with one attached hydrogen (secondary N) is 2. The van der Waals surface area contributed by atoms with E-state index in [0.717, 1.165) is 5.56 Å². The number of thioether (sulfide) groups is 1. The van der Waals surface area contributed by atoms with Gasteiger partial charge in [-0.25, -0.2) is 22.4 Å². The Bertz CT molecular complexity index is 1570. The van der Waals surface area contributed by atoms with Gasteiger partial charge in [0, 0.05) is 6.07 Å². The fraction of sp³-hybridized carbons (Fsp3) is 0.406. The summed E-state index contributed by atoms with van der Waals surface area (Å²) in [6, 6.07) is 6.16. The summed E-state index contributed by atoms with van der Waals surface area (Å²) < 4.78 is 95.8. The van der Waals surface area contributed by atoms with Gasteiger partial charge in [0.2, 0.25) is 5.75 Å². The summed E-state index contributed by atoms with van der Waals surface area (Å²) in [7, 11) is 5.88. The lowest BCUT2D eigenvalue weighted by Gasteiger charge is -2.23. The van der Waals surface area contributed by atoms with Crippen LogP contribution in [0.4, 0.5) is 28.0 Å². The van der Waals surface area contributed by atoms with Crippen LogP contribution in [0.5, 0.6) is 28.7 Å². The SMILES string of the molecule is COc1cc(C2CCC(c3cc(OC)c(OC)c(OC)c3)O2)cc(NC(=O)NC(C)OCO)c1OC(C)Sc1c(F)c(F)cc(F)c1F. The largest absolute Gasteiger partial charge is 0.493 e. The lowest BCUT2D eigenvalue weighted by molar-refractivity contribution is -0.0495. The van der Waals surface area contributed by atoms with Crippen LogP contribution in [0.1, 0.15) is 50.0 Å². The first-order valence-corrected chi connectivity index (χ1v) is 15.5. The van der Waals surface area contributed by atoms with E-state index in [0.29, 0.717) is 47.4 Å². The Kier molecular flexibility index (Phi) is 12.5. The number of urea groups is 1. The number of halogens is 4. The number of ether oxygens (including phenoxy) is 7. The van der Waals surface area contributed by atoms with Crippen LogP contribution in [0.25, 0.3) is 0 Å². The van der Waals surface area contributed by atoms with E-state index in [2.05, 4.69) is 10.6 Å². The van der Waals surface area contributed by atoms with E-state index in [9.17, 15) is 22.4 Å². The Labute approximate surface area is 278 Å². The molecule has 1 aliphatic rings. The molecule has 0 bridgehead atoms. The number of amides is 2. The number of benzene rings is 3. The molecule has 3 aromatic rings. The molecule has 1 saturated heterocycles. The molecule has 4 rings (SSSR count). The number of aliphatic hydroxyl groups is 1. The predicted molar refractivity (Wildman–Crippen MR) is 167 cm³/mol. The Morgan fingerprint density at radius 2 is 1.38 bits per heavy atom. The maximum atomic E-state index is 14.4. The number of hydrogen-bond donors (Lipinski definition) is 3. The molecule has 0 aromatic heterocycles. The highest BCUT2D eigenvalue weighted by Crippen LogP contribution is 2.48. The van der Waals surface area contributed by atoms with Gasteiger partial charge < -0.3 is 48.9 Å². The van der Waals surface area contributed by atoms with Crippen LogP contribution in [-0.2, 0) is 9.47 Å². The van der Waals surface area contributed by atoms with Crippen LogP contribution in [0.3, 0.4) is 0 Å². The van der Waals surface area contributed by atoms with Crippen molar-refractivity contribution in [3.63, 3.8) is 0 Å². The Hall–Kier alpha value is -4.12. The van der Waals surface area contributed by atoms with Gasteiger partial charge in [-0.15, -0.1) is 0 Å². The first-order valence-electron chi connectivity index (χ1n) is 14.6. The lowest BCUT2D eigenvalue weighted by atomic mass is 10.0. The fourth-order valence-electron chi connectivity index (χ4n) is 5.10. The van der Waals surface area contributed by atoms with Crippen LogP contribution >= 0.6 is 11.8 Å². The standard InChI is InChI=1S/C32H36F4N2O9S/c1-15(45-14-39)37-32(40)38-21-9-17(22-7-8-23(47-22)18-11-25(42-4)30(44-6)26(12-18)43-5)10-24(41-3)29(21)46-16(2)48-31-27(35)19(33)13-20(34)28(31)36/h9-13,15-16,22-23,39H,7-8,14H2,1-6H3,(H2,37,38,40). The summed E-state index contributed by atoms with van der Waals surface area (Å²) in [6.07, 6.45) is -0.561. The molecule has 0 spiro atoms. The molecule has 3 aromatic carbocycles. The summed E-state index contributed by atoms with van der Waals surface area (Å²) in [5.74, 6) is -4.86. The van der Waals surface area contributed by atoms with E-state index >= 15 is 0 Å². The third-order valence-electron chi connectivity index (χ3n) is 7.29. The molecule has 1 aliphatic heterocycles. The molecule has 0 radical (unpaired) electrons.